The third-order valence-corrected chi connectivity index (χ3v) is 7.28. The van der Waals surface area contributed by atoms with Gasteiger partial charge in [-0.2, -0.15) is 5.10 Å². The van der Waals surface area contributed by atoms with Gasteiger partial charge in [0.15, 0.2) is 0 Å². The maximum Gasteiger partial charge on any atom is 0.242 e. The molecule has 0 bridgehead atoms. The topological polar surface area (TPSA) is 102 Å². The Kier molecular flexibility index (Phi) is 6.98. The number of anilines is 1. The van der Waals surface area contributed by atoms with Gasteiger partial charge in [-0.15, -0.1) is 0 Å². The van der Waals surface area contributed by atoms with Crippen molar-refractivity contribution in [1.82, 2.24) is 34.4 Å². The van der Waals surface area contributed by atoms with E-state index in [2.05, 4.69) is 38.6 Å². The second-order valence-corrected chi connectivity index (χ2v) is 10.3. The molecule has 1 aromatic carbocycles. The summed E-state index contributed by atoms with van der Waals surface area (Å²) in [6, 6.07) is 15.5. The SMILES string of the molecule is CNC(C)C(=O)Nc1ccc(-c2c(-c3cnn(C)c3)nc3cc(C)ccn23)c(C#Cc2ccc3c(C)nccc3c2)n1. The molecular formula is C33H30N8O. The monoisotopic (exact) mass is 554 g/mol. The lowest BCUT2D eigenvalue weighted by atomic mass is 10.0. The van der Waals surface area contributed by atoms with E-state index in [1.807, 2.05) is 74.1 Å². The van der Waals surface area contributed by atoms with E-state index in [0.29, 0.717) is 11.5 Å². The van der Waals surface area contributed by atoms with Crippen molar-refractivity contribution in [3.8, 4) is 34.4 Å². The van der Waals surface area contributed by atoms with Gasteiger partial charge in [-0.1, -0.05) is 12.0 Å². The van der Waals surface area contributed by atoms with Crippen LogP contribution in [0.2, 0.25) is 0 Å². The van der Waals surface area contributed by atoms with Crippen LogP contribution in [0.3, 0.4) is 0 Å². The Morgan fingerprint density at radius 1 is 1.02 bits per heavy atom. The summed E-state index contributed by atoms with van der Waals surface area (Å²) in [5.41, 5.74) is 7.54. The van der Waals surface area contributed by atoms with Gasteiger partial charge < -0.3 is 10.6 Å². The normalized spacial score (nSPS) is 11.8. The first-order valence-electron chi connectivity index (χ1n) is 13.7. The third kappa shape index (κ3) is 5.11. The number of carbonyl (C=O) groups excluding carboxylic acids is 1. The Morgan fingerprint density at radius 3 is 2.67 bits per heavy atom. The number of imidazole rings is 1. The van der Waals surface area contributed by atoms with Crippen LogP contribution < -0.4 is 10.6 Å². The Bertz CT molecular complexity index is 2040. The van der Waals surface area contributed by atoms with Gasteiger partial charge in [-0.05, 0) is 87.2 Å². The second-order valence-electron chi connectivity index (χ2n) is 10.3. The van der Waals surface area contributed by atoms with E-state index < -0.39 is 0 Å². The average Bonchev–Trinajstić information content (AvgIpc) is 3.58. The molecule has 0 saturated carbocycles. The molecule has 0 aliphatic heterocycles. The summed E-state index contributed by atoms with van der Waals surface area (Å²) in [7, 11) is 3.62. The molecule has 1 amide bonds. The molecule has 9 nitrogen and oxygen atoms in total. The summed E-state index contributed by atoms with van der Waals surface area (Å²) >= 11 is 0. The van der Waals surface area contributed by atoms with Gasteiger partial charge in [0.2, 0.25) is 5.91 Å². The molecule has 1 unspecified atom stereocenters. The van der Waals surface area contributed by atoms with Crippen LogP contribution in [0.25, 0.3) is 38.9 Å². The number of benzene rings is 1. The van der Waals surface area contributed by atoms with Gasteiger partial charge in [0.25, 0.3) is 0 Å². The fourth-order valence-electron chi connectivity index (χ4n) is 4.87. The van der Waals surface area contributed by atoms with E-state index in [1.54, 1.807) is 37.1 Å². The second kappa shape index (κ2) is 10.9. The van der Waals surface area contributed by atoms with E-state index in [9.17, 15) is 4.79 Å². The summed E-state index contributed by atoms with van der Waals surface area (Å²) in [5.74, 6) is 6.85. The number of rotatable bonds is 5. The molecular weight excluding hydrogens is 524 g/mol. The molecule has 5 heterocycles. The third-order valence-electron chi connectivity index (χ3n) is 7.28. The summed E-state index contributed by atoms with van der Waals surface area (Å²) < 4.78 is 3.80. The number of amides is 1. The predicted molar refractivity (Wildman–Crippen MR) is 165 cm³/mol. The molecule has 5 aromatic heterocycles. The Balaban J connectivity index is 1.54. The number of nitrogens with zero attached hydrogens (tertiary/aromatic N) is 6. The van der Waals surface area contributed by atoms with Gasteiger partial charge >= 0.3 is 0 Å². The Labute approximate surface area is 243 Å². The molecule has 6 aromatic rings. The van der Waals surface area contributed by atoms with Gasteiger partial charge in [0.1, 0.15) is 22.9 Å². The average molecular weight is 555 g/mol. The van der Waals surface area contributed by atoms with Crippen LogP contribution in [-0.2, 0) is 11.8 Å². The molecule has 0 fully saturated rings. The summed E-state index contributed by atoms with van der Waals surface area (Å²) in [4.78, 5) is 26.9. The number of aryl methyl sites for hydroxylation is 3. The highest BCUT2D eigenvalue weighted by Gasteiger charge is 2.21. The highest BCUT2D eigenvalue weighted by atomic mass is 16.2. The minimum absolute atomic E-state index is 0.184. The molecule has 0 radical (unpaired) electrons. The fraction of sp³-hybridized carbons (Fsp3) is 0.182. The highest BCUT2D eigenvalue weighted by molar-refractivity contribution is 5.94. The lowest BCUT2D eigenvalue weighted by Gasteiger charge is -2.12. The van der Waals surface area contributed by atoms with E-state index in [0.717, 1.165) is 55.8 Å². The molecule has 2 N–H and O–H groups in total. The number of nitrogens with one attached hydrogen (secondary N) is 2. The van der Waals surface area contributed by atoms with Crippen LogP contribution in [0.5, 0.6) is 0 Å². The Hall–Kier alpha value is -5.33. The van der Waals surface area contributed by atoms with Crippen molar-refractivity contribution in [2.24, 2.45) is 7.05 Å². The molecule has 42 heavy (non-hydrogen) atoms. The molecule has 6 rings (SSSR count). The minimum Gasteiger partial charge on any atom is -0.309 e. The van der Waals surface area contributed by atoms with E-state index in [4.69, 9.17) is 9.97 Å². The van der Waals surface area contributed by atoms with Crippen molar-refractivity contribution in [3.05, 3.63) is 95.8 Å². The number of carbonyl (C=O) groups is 1. The van der Waals surface area contributed by atoms with Crippen molar-refractivity contribution in [3.63, 3.8) is 0 Å². The van der Waals surface area contributed by atoms with Crippen molar-refractivity contribution < 1.29 is 4.79 Å². The van der Waals surface area contributed by atoms with Gasteiger partial charge in [-0.25, -0.2) is 9.97 Å². The standard InChI is InChI=1S/C33H30N8O/c1-20-13-15-41-30(16-20)39-31(25-18-36-40(5)19-25)32(41)27-9-11-29(38-33(42)22(3)34-4)37-28(27)10-7-23-6-8-26-21(2)35-14-12-24(26)17-23/h6,8-9,11-19,22,34H,1-5H3,(H,37,38,42). The molecule has 208 valence electrons. The lowest BCUT2D eigenvalue weighted by Crippen LogP contribution is -2.35. The molecule has 9 heteroatoms. The number of hydrogen-bond acceptors (Lipinski definition) is 6. The highest BCUT2D eigenvalue weighted by Crippen LogP contribution is 2.35. The van der Waals surface area contributed by atoms with Gasteiger partial charge in [-0.3, -0.25) is 18.9 Å². The number of hydrogen-bond donors (Lipinski definition) is 2. The zero-order valence-electron chi connectivity index (χ0n) is 24.1. The lowest BCUT2D eigenvalue weighted by molar-refractivity contribution is -0.117. The van der Waals surface area contributed by atoms with Crippen LogP contribution in [0.4, 0.5) is 5.82 Å². The van der Waals surface area contributed by atoms with Crippen LogP contribution in [0, 0.1) is 25.7 Å². The maximum absolute atomic E-state index is 12.7. The van der Waals surface area contributed by atoms with Crippen molar-refractivity contribution in [1.29, 1.82) is 0 Å². The largest absolute Gasteiger partial charge is 0.309 e. The molecule has 1 atom stereocenters. The summed E-state index contributed by atoms with van der Waals surface area (Å²) in [6.45, 7) is 5.83. The Morgan fingerprint density at radius 2 is 1.88 bits per heavy atom. The zero-order chi connectivity index (χ0) is 29.4. The minimum atomic E-state index is -0.379. The first-order valence-corrected chi connectivity index (χ1v) is 13.7. The molecule has 0 aliphatic rings. The zero-order valence-corrected chi connectivity index (χ0v) is 24.1. The molecule has 0 aliphatic carbocycles. The number of pyridine rings is 3. The molecule has 0 saturated heterocycles. The van der Waals surface area contributed by atoms with Crippen molar-refractivity contribution in [2.45, 2.75) is 26.8 Å². The van der Waals surface area contributed by atoms with Crippen molar-refractivity contribution in [2.75, 3.05) is 12.4 Å². The smallest absolute Gasteiger partial charge is 0.242 e. The van der Waals surface area contributed by atoms with Crippen LogP contribution in [0.1, 0.15) is 29.4 Å². The fourth-order valence-corrected chi connectivity index (χ4v) is 4.87. The molecule has 0 spiro atoms. The number of fused-ring (bicyclic) bond motifs is 2. The van der Waals surface area contributed by atoms with Crippen LogP contribution in [-0.4, -0.2) is 48.1 Å². The number of likely N-dealkylation sites (N-methyl/N-ethyl adjacent to an activating group) is 1. The maximum atomic E-state index is 12.7. The van der Waals surface area contributed by atoms with E-state index >= 15 is 0 Å². The summed E-state index contributed by atoms with van der Waals surface area (Å²) in [5, 5.41) is 12.4. The van der Waals surface area contributed by atoms with Crippen molar-refractivity contribution >= 4 is 28.1 Å². The van der Waals surface area contributed by atoms with Crippen LogP contribution >= 0.6 is 0 Å². The first-order chi connectivity index (χ1) is 20.3. The predicted octanol–water partition coefficient (Wildman–Crippen LogP) is 4.91. The summed E-state index contributed by atoms with van der Waals surface area (Å²) in [6.07, 6.45) is 7.56. The van der Waals surface area contributed by atoms with Gasteiger partial charge in [0, 0.05) is 53.4 Å². The van der Waals surface area contributed by atoms with Crippen LogP contribution in [0.15, 0.2) is 73.3 Å². The first kappa shape index (κ1) is 26.9. The number of aromatic nitrogens is 6. The van der Waals surface area contributed by atoms with E-state index in [1.165, 1.54) is 0 Å². The van der Waals surface area contributed by atoms with E-state index in [-0.39, 0.29) is 11.9 Å². The quantitative estimate of drug-likeness (QED) is 0.294. The van der Waals surface area contributed by atoms with Gasteiger partial charge in [0.05, 0.1) is 17.9 Å².